The molecule has 1 aromatic rings. The average Bonchev–Trinajstić information content (AvgIpc) is 2.48. The zero-order valence-electron chi connectivity index (χ0n) is 12.7. The fraction of sp³-hybridized carbons (Fsp3) is 0.467. The second-order valence-corrected chi connectivity index (χ2v) is 5.13. The lowest BCUT2D eigenvalue weighted by Crippen LogP contribution is -2.45. The summed E-state index contributed by atoms with van der Waals surface area (Å²) in [5, 5.41) is 14.5. The van der Waals surface area contributed by atoms with Crippen LogP contribution in [0, 0.1) is 15.9 Å². The molecular weight excluding hydrogens is 344 g/mol. The lowest BCUT2D eigenvalue weighted by molar-refractivity contribution is -0.386. The summed E-state index contributed by atoms with van der Waals surface area (Å²) in [6.07, 6.45) is 3.23. The fourth-order valence-corrected chi connectivity index (χ4v) is 2.76. The Morgan fingerprint density at radius 1 is 1.39 bits per heavy atom. The highest BCUT2D eigenvalue weighted by molar-refractivity contribution is 5.85. The maximum Gasteiger partial charge on any atom is 0.274 e. The van der Waals surface area contributed by atoms with Crippen molar-refractivity contribution in [2.45, 2.75) is 18.9 Å². The zero-order chi connectivity index (χ0) is 15.2. The van der Waals surface area contributed by atoms with Crippen molar-refractivity contribution in [2.75, 3.05) is 26.2 Å². The van der Waals surface area contributed by atoms with Gasteiger partial charge in [-0.1, -0.05) is 6.08 Å². The molecule has 130 valence electrons. The molecule has 1 atom stereocenters. The van der Waals surface area contributed by atoms with E-state index in [2.05, 4.69) is 16.8 Å². The van der Waals surface area contributed by atoms with Crippen molar-refractivity contribution >= 4 is 30.5 Å². The minimum Gasteiger partial charge on any atom is -0.314 e. The molecule has 0 bridgehead atoms. The number of nitrogens with one attached hydrogen (secondary N) is 1. The number of piperazine rings is 1. The molecule has 23 heavy (non-hydrogen) atoms. The van der Waals surface area contributed by atoms with Crippen LogP contribution in [0.3, 0.4) is 0 Å². The number of halogens is 3. The van der Waals surface area contributed by atoms with Crippen molar-refractivity contribution in [3.05, 3.63) is 52.3 Å². The Labute approximate surface area is 147 Å². The van der Waals surface area contributed by atoms with E-state index >= 15 is 0 Å². The molecule has 1 N–H and O–H groups in total. The number of allylic oxidation sites excluding steroid dienone is 1. The summed E-state index contributed by atoms with van der Waals surface area (Å²) in [5.74, 6) is -0.436. The number of hydrogen-bond donors (Lipinski definition) is 1. The summed E-state index contributed by atoms with van der Waals surface area (Å²) in [4.78, 5) is 13.0. The van der Waals surface area contributed by atoms with Gasteiger partial charge in [-0.3, -0.25) is 15.0 Å². The Kier molecular flexibility index (Phi) is 9.99. The first-order valence-corrected chi connectivity index (χ1v) is 7.13. The van der Waals surface area contributed by atoms with Gasteiger partial charge in [0.05, 0.1) is 4.92 Å². The maximum absolute atomic E-state index is 13.6. The van der Waals surface area contributed by atoms with Crippen molar-refractivity contribution < 1.29 is 9.31 Å². The SMILES string of the molecule is C=CCC[C@@H](c1cc(F)ccc1[N+](=O)[O-])N1CCNCC1.Cl.Cl. The van der Waals surface area contributed by atoms with Crippen molar-refractivity contribution in [2.24, 2.45) is 0 Å². The van der Waals surface area contributed by atoms with Gasteiger partial charge in [0.15, 0.2) is 0 Å². The third-order valence-corrected chi connectivity index (χ3v) is 3.78. The number of benzene rings is 1. The van der Waals surface area contributed by atoms with E-state index in [1.165, 1.54) is 12.1 Å². The second kappa shape index (κ2) is 10.5. The van der Waals surface area contributed by atoms with Crippen molar-refractivity contribution in [3.8, 4) is 0 Å². The number of nitro benzene ring substituents is 1. The highest BCUT2D eigenvalue weighted by Crippen LogP contribution is 2.33. The molecule has 0 unspecified atom stereocenters. The first-order chi connectivity index (χ1) is 10.1. The fourth-order valence-electron chi connectivity index (χ4n) is 2.76. The Balaban J connectivity index is 0.00000242. The number of nitro groups is 1. The van der Waals surface area contributed by atoms with Crippen LogP contribution in [-0.4, -0.2) is 36.0 Å². The van der Waals surface area contributed by atoms with Gasteiger partial charge in [-0.2, -0.15) is 0 Å². The first-order valence-electron chi connectivity index (χ1n) is 7.13. The molecule has 1 aromatic carbocycles. The Hall–Kier alpha value is -1.21. The van der Waals surface area contributed by atoms with E-state index in [9.17, 15) is 14.5 Å². The molecule has 1 saturated heterocycles. The molecule has 8 heteroatoms. The normalized spacial score (nSPS) is 15.9. The van der Waals surface area contributed by atoms with E-state index < -0.39 is 10.7 Å². The van der Waals surface area contributed by atoms with Gasteiger partial charge in [0.25, 0.3) is 5.69 Å². The Morgan fingerprint density at radius 2 is 2.04 bits per heavy atom. The van der Waals surface area contributed by atoms with Gasteiger partial charge in [-0.05, 0) is 25.0 Å². The van der Waals surface area contributed by atoms with Gasteiger partial charge >= 0.3 is 0 Å². The van der Waals surface area contributed by atoms with Crippen molar-refractivity contribution in [3.63, 3.8) is 0 Å². The van der Waals surface area contributed by atoms with Crippen LogP contribution in [-0.2, 0) is 0 Å². The molecular formula is C15H22Cl2FN3O2. The van der Waals surface area contributed by atoms with E-state index in [0.29, 0.717) is 12.0 Å². The average molecular weight is 366 g/mol. The molecule has 2 rings (SSSR count). The minimum absolute atomic E-state index is 0. The van der Waals surface area contributed by atoms with Gasteiger partial charge in [0.1, 0.15) is 5.82 Å². The van der Waals surface area contributed by atoms with Crippen LogP contribution in [0.5, 0.6) is 0 Å². The van der Waals surface area contributed by atoms with Gasteiger partial charge in [-0.25, -0.2) is 4.39 Å². The Morgan fingerprint density at radius 3 is 2.61 bits per heavy atom. The largest absolute Gasteiger partial charge is 0.314 e. The number of hydrogen-bond acceptors (Lipinski definition) is 4. The summed E-state index contributed by atoms with van der Waals surface area (Å²) < 4.78 is 13.6. The molecule has 1 aliphatic rings. The molecule has 1 fully saturated rings. The summed E-state index contributed by atoms with van der Waals surface area (Å²) in [5.41, 5.74) is 0.452. The predicted octanol–water partition coefficient (Wildman–Crippen LogP) is 3.49. The molecule has 0 amide bonds. The van der Waals surface area contributed by atoms with Crippen LogP contribution in [0.1, 0.15) is 24.4 Å². The van der Waals surface area contributed by atoms with Crippen LogP contribution in [0.15, 0.2) is 30.9 Å². The van der Waals surface area contributed by atoms with Crippen molar-refractivity contribution in [1.82, 2.24) is 10.2 Å². The van der Waals surface area contributed by atoms with Crippen molar-refractivity contribution in [1.29, 1.82) is 0 Å². The number of nitrogens with zero attached hydrogens (tertiary/aromatic N) is 2. The molecule has 1 aliphatic heterocycles. The van der Waals surface area contributed by atoms with E-state index in [1.54, 1.807) is 6.08 Å². The number of rotatable bonds is 6. The van der Waals surface area contributed by atoms with E-state index in [4.69, 9.17) is 0 Å². The standard InChI is InChI=1S/C15H20FN3O2.2ClH/c1-2-3-4-14(18-9-7-17-8-10-18)13-11-12(16)5-6-15(13)19(20)21;;/h2,5-6,11,14,17H,1,3-4,7-10H2;2*1H/t14-;;/m0../s1. The molecule has 0 aromatic heterocycles. The Bertz CT molecular complexity index is 525. The molecule has 0 aliphatic carbocycles. The highest BCUT2D eigenvalue weighted by atomic mass is 35.5. The second-order valence-electron chi connectivity index (χ2n) is 5.13. The van der Waals surface area contributed by atoms with Crippen LogP contribution >= 0.6 is 24.8 Å². The van der Waals surface area contributed by atoms with E-state index in [0.717, 1.165) is 38.7 Å². The van der Waals surface area contributed by atoms with Crippen LogP contribution in [0.2, 0.25) is 0 Å². The molecule has 5 nitrogen and oxygen atoms in total. The van der Waals surface area contributed by atoms with Gasteiger partial charge in [0, 0.05) is 43.9 Å². The minimum atomic E-state index is -0.436. The van der Waals surface area contributed by atoms with Crippen LogP contribution in [0.25, 0.3) is 0 Å². The van der Waals surface area contributed by atoms with E-state index in [-0.39, 0.29) is 36.5 Å². The summed E-state index contributed by atoms with van der Waals surface area (Å²) in [6.45, 7) is 6.99. The molecule has 0 radical (unpaired) electrons. The summed E-state index contributed by atoms with van der Waals surface area (Å²) in [7, 11) is 0. The zero-order valence-corrected chi connectivity index (χ0v) is 14.4. The first kappa shape index (κ1) is 21.8. The van der Waals surface area contributed by atoms with Gasteiger partial charge in [-0.15, -0.1) is 31.4 Å². The van der Waals surface area contributed by atoms with Crippen LogP contribution in [0.4, 0.5) is 10.1 Å². The van der Waals surface area contributed by atoms with Crippen LogP contribution < -0.4 is 5.32 Å². The summed E-state index contributed by atoms with van der Waals surface area (Å²) >= 11 is 0. The molecule has 0 saturated carbocycles. The van der Waals surface area contributed by atoms with E-state index in [1.807, 2.05) is 0 Å². The monoisotopic (exact) mass is 365 g/mol. The molecule has 0 spiro atoms. The maximum atomic E-state index is 13.6. The predicted molar refractivity (Wildman–Crippen MR) is 94.2 cm³/mol. The highest BCUT2D eigenvalue weighted by Gasteiger charge is 2.28. The topological polar surface area (TPSA) is 58.4 Å². The quantitative estimate of drug-likeness (QED) is 0.476. The summed E-state index contributed by atoms with van der Waals surface area (Å²) in [6, 6.07) is 3.55. The third-order valence-electron chi connectivity index (χ3n) is 3.78. The lowest BCUT2D eigenvalue weighted by Gasteiger charge is -2.35. The molecule has 1 heterocycles. The van der Waals surface area contributed by atoms with Gasteiger partial charge < -0.3 is 5.32 Å². The smallest absolute Gasteiger partial charge is 0.274 e. The third kappa shape index (κ3) is 5.73. The van der Waals surface area contributed by atoms with Gasteiger partial charge in [0.2, 0.25) is 0 Å². The lowest BCUT2D eigenvalue weighted by atomic mass is 9.97.